The molecule has 2 aromatic rings. The molecule has 1 unspecified atom stereocenters. The van der Waals surface area contributed by atoms with E-state index in [2.05, 4.69) is 92.3 Å². The van der Waals surface area contributed by atoms with Crippen LogP contribution in [0, 0.1) is 0 Å². The molecule has 0 nitrogen and oxygen atoms in total. The molecule has 180 valence electrons. The van der Waals surface area contributed by atoms with Crippen LogP contribution in [0.1, 0.15) is 121 Å². The summed E-state index contributed by atoms with van der Waals surface area (Å²) in [6, 6.07) is 7.60. The first-order valence-corrected chi connectivity index (χ1v) is 14.5. The predicted octanol–water partition coefficient (Wildman–Crippen LogP) is 9.55. The van der Waals surface area contributed by atoms with Gasteiger partial charge < -0.3 is 0 Å². The highest BCUT2D eigenvalue weighted by Crippen LogP contribution is 2.58. The lowest BCUT2D eigenvalue weighted by Gasteiger charge is -2.32. The van der Waals surface area contributed by atoms with Crippen molar-refractivity contribution in [2.45, 2.75) is 128 Å². The highest BCUT2D eigenvalue weighted by molar-refractivity contribution is 7.99. The second-order valence-corrected chi connectivity index (χ2v) is 13.7. The Labute approximate surface area is 208 Å². The third-order valence-electron chi connectivity index (χ3n) is 8.44. The first-order chi connectivity index (χ1) is 15.5. The van der Waals surface area contributed by atoms with Gasteiger partial charge in [0.25, 0.3) is 0 Å². The molecular formula is C32H46S. The molecule has 0 amide bonds. The molecule has 0 spiro atoms. The van der Waals surface area contributed by atoms with Crippen molar-refractivity contribution >= 4 is 11.8 Å². The third kappa shape index (κ3) is 4.11. The second-order valence-electron chi connectivity index (χ2n) is 12.5. The highest BCUT2D eigenvalue weighted by Gasteiger charge is 2.48. The summed E-state index contributed by atoms with van der Waals surface area (Å²) in [5.41, 5.74) is 13.5. The van der Waals surface area contributed by atoms with Gasteiger partial charge in [-0.05, 0) is 98.9 Å². The summed E-state index contributed by atoms with van der Waals surface area (Å²) in [7, 11) is 0. The van der Waals surface area contributed by atoms with E-state index in [4.69, 9.17) is 0 Å². The van der Waals surface area contributed by atoms with Crippen LogP contribution >= 0.6 is 11.8 Å². The van der Waals surface area contributed by atoms with Crippen molar-refractivity contribution in [2.75, 3.05) is 5.75 Å². The van der Waals surface area contributed by atoms with E-state index < -0.39 is 0 Å². The van der Waals surface area contributed by atoms with Gasteiger partial charge in [-0.1, -0.05) is 87.3 Å². The molecule has 1 aliphatic carbocycles. The van der Waals surface area contributed by atoms with Crippen LogP contribution in [0.25, 0.3) is 11.1 Å². The minimum Gasteiger partial charge on any atom is -0.126 e. The van der Waals surface area contributed by atoms with Crippen molar-refractivity contribution < 1.29 is 0 Å². The van der Waals surface area contributed by atoms with Crippen molar-refractivity contribution in [3.8, 4) is 11.1 Å². The number of fused-ring (bicyclic) bond motifs is 2. The Morgan fingerprint density at radius 3 is 2.21 bits per heavy atom. The number of thioether (sulfide) groups is 1. The standard InChI is InChI=1S/C32H46S/c1-10-13-17-32(9)20-31(7,8)29-26(30(4,5)6)15-14-24(28(29)32)25-19-27-23(16-18-33-27)21(11-2)22(25)12-3/h14-15,19H,10-13,16-18,20H2,1-9H3. The third-order valence-corrected chi connectivity index (χ3v) is 9.52. The smallest absolute Gasteiger partial charge is 0.0113 e. The van der Waals surface area contributed by atoms with Crippen LogP contribution in [0.5, 0.6) is 0 Å². The van der Waals surface area contributed by atoms with Gasteiger partial charge in [-0.3, -0.25) is 0 Å². The minimum absolute atomic E-state index is 0.159. The first kappa shape index (κ1) is 24.9. The van der Waals surface area contributed by atoms with Crippen LogP contribution in [0.3, 0.4) is 0 Å². The molecule has 4 rings (SSSR count). The number of benzene rings is 2. The second kappa shape index (κ2) is 8.78. The van der Waals surface area contributed by atoms with Gasteiger partial charge in [0, 0.05) is 10.6 Å². The highest BCUT2D eigenvalue weighted by atomic mass is 32.2. The largest absolute Gasteiger partial charge is 0.126 e. The maximum atomic E-state index is 2.59. The van der Waals surface area contributed by atoms with Gasteiger partial charge >= 0.3 is 0 Å². The van der Waals surface area contributed by atoms with Gasteiger partial charge in [0.1, 0.15) is 0 Å². The molecule has 0 saturated heterocycles. The van der Waals surface area contributed by atoms with Crippen LogP contribution < -0.4 is 0 Å². The van der Waals surface area contributed by atoms with Crippen LogP contribution in [0.4, 0.5) is 0 Å². The lowest BCUT2D eigenvalue weighted by Crippen LogP contribution is -2.23. The topological polar surface area (TPSA) is 0 Å². The zero-order valence-corrected chi connectivity index (χ0v) is 23.6. The minimum atomic E-state index is 0.159. The summed E-state index contributed by atoms with van der Waals surface area (Å²) in [5, 5.41) is 0. The number of rotatable bonds is 6. The molecule has 1 aliphatic heterocycles. The van der Waals surface area contributed by atoms with Gasteiger partial charge in [0.2, 0.25) is 0 Å². The molecule has 2 aromatic carbocycles. The maximum Gasteiger partial charge on any atom is 0.0113 e. The van der Waals surface area contributed by atoms with E-state index in [1.807, 2.05) is 0 Å². The Morgan fingerprint density at radius 2 is 1.61 bits per heavy atom. The molecule has 0 N–H and O–H groups in total. The normalized spacial score (nSPS) is 21.4. The summed E-state index contributed by atoms with van der Waals surface area (Å²) in [5.74, 6) is 1.25. The Kier molecular flexibility index (Phi) is 6.62. The van der Waals surface area contributed by atoms with Gasteiger partial charge in [-0.15, -0.1) is 11.8 Å². The van der Waals surface area contributed by atoms with E-state index in [-0.39, 0.29) is 16.2 Å². The molecule has 0 radical (unpaired) electrons. The van der Waals surface area contributed by atoms with Crippen LogP contribution in [-0.2, 0) is 35.5 Å². The zero-order chi connectivity index (χ0) is 24.2. The quantitative estimate of drug-likeness (QED) is 0.412. The van der Waals surface area contributed by atoms with E-state index in [0.29, 0.717) is 0 Å². The number of unbranched alkanes of at least 4 members (excludes halogenated alkanes) is 1. The van der Waals surface area contributed by atoms with Crippen molar-refractivity contribution in [1.82, 2.24) is 0 Å². The molecule has 2 aliphatic rings. The molecule has 1 atom stereocenters. The van der Waals surface area contributed by atoms with Gasteiger partial charge in [0.15, 0.2) is 0 Å². The molecule has 0 fully saturated rings. The molecular weight excluding hydrogens is 416 g/mol. The average molecular weight is 463 g/mol. The van der Waals surface area contributed by atoms with Crippen molar-refractivity contribution in [1.29, 1.82) is 0 Å². The lowest BCUT2D eigenvalue weighted by atomic mass is 9.72. The van der Waals surface area contributed by atoms with Crippen LogP contribution in [0.2, 0.25) is 0 Å². The first-order valence-electron chi connectivity index (χ1n) is 13.5. The summed E-state index contributed by atoms with van der Waals surface area (Å²) in [4.78, 5) is 1.56. The zero-order valence-electron chi connectivity index (χ0n) is 22.8. The SMILES string of the molecule is CCCCC1(C)CC(C)(C)c2c(C(C)(C)C)ccc(-c3cc4c(c(CC)c3CC)CCS4)c21. The molecule has 33 heavy (non-hydrogen) atoms. The summed E-state index contributed by atoms with van der Waals surface area (Å²) in [6.45, 7) is 21.9. The maximum absolute atomic E-state index is 2.59. The Morgan fingerprint density at radius 1 is 0.909 bits per heavy atom. The van der Waals surface area contributed by atoms with Crippen LogP contribution in [0.15, 0.2) is 23.1 Å². The van der Waals surface area contributed by atoms with E-state index in [1.165, 1.54) is 37.9 Å². The van der Waals surface area contributed by atoms with E-state index in [1.54, 1.807) is 49.4 Å². The fourth-order valence-electron chi connectivity index (χ4n) is 7.25. The van der Waals surface area contributed by atoms with E-state index in [0.717, 1.165) is 12.8 Å². The molecule has 1 heteroatoms. The Balaban J connectivity index is 2.08. The van der Waals surface area contributed by atoms with E-state index in [9.17, 15) is 0 Å². The van der Waals surface area contributed by atoms with Gasteiger partial charge in [-0.2, -0.15) is 0 Å². The molecule has 1 heterocycles. The fourth-order valence-corrected chi connectivity index (χ4v) is 8.38. The van der Waals surface area contributed by atoms with Crippen molar-refractivity contribution in [2.24, 2.45) is 0 Å². The molecule has 0 aromatic heterocycles. The average Bonchev–Trinajstić information content (AvgIpc) is 3.30. The fraction of sp³-hybridized carbons (Fsp3) is 0.625. The summed E-state index contributed by atoms with van der Waals surface area (Å²) < 4.78 is 0. The Hall–Kier alpha value is -1.21. The lowest BCUT2D eigenvalue weighted by molar-refractivity contribution is 0.346. The van der Waals surface area contributed by atoms with Gasteiger partial charge in [0.05, 0.1) is 0 Å². The van der Waals surface area contributed by atoms with E-state index >= 15 is 0 Å². The van der Waals surface area contributed by atoms with Crippen molar-refractivity contribution in [3.05, 3.63) is 51.6 Å². The number of hydrogen-bond acceptors (Lipinski definition) is 1. The van der Waals surface area contributed by atoms with Gasteiger partial charge in [-0.25, -0.2) is 0 Å². The van der Waals surface area contributed by atoms with Crippen molar-refractivity contribution in [3.63, 3.8) is 0 Å². The summed E-state index contributed by atoms with van der Waals surface area (Å²) in [6.07, 6.45) is 8.67. The molecule has 0 saturated carbocycles. The van der Waals surface area contributed by atoms with Crippen LogP contribution in [-0.4, -0.2) is 5.75 Å². The molecule has 0 bridgehead atoms. The predicted molar refractivity (Wildman–Crippen MR) is 148 cm³/mol. The Bertz CT molecular complexity index is 1050. The monoisotopic (exact) mass is 462 g/mol. The number of hydrogen-bond donors (Lipinski definition) is 0. The summed E-state index contributed by atoms with van der Waals surface area (Å²) >= 11 is 2.08.